The molecule has 4 nitrogen and oxygen atoms in total. The highest BCUT2D eigenvalue weighted by atomic mass is 32.2. The summed E-state index contributed by atoms with van der Waals surface area (Å²) >= 11 is 1.42. The van der Waals surface area contributed by atoms with Gasteiger partial charge in [-0.05, 0) is 48.2 Å². The number of nitrogens with zero attached hydrogens (tertiary/aromatic N) is 1. The predicted octanol–water partition coefficient (Wildman–Crippen LogP) is 5.18. The lowest BCUT2D eigenvalue weighted by Crippen LogP contribution is -2.30. The molecule has 0 aliphatic rings. The summed E-state index contributed by atoms with van der Waals surface area (Å²) in [6, 6.07) is 24.1. The van der Waals surface area contributed by atoms with Crippen LogP contribution in [0.4, 0.5) is 0 Å². The average Bonchev–Trinajstić information content (AvgIpc) is 3.13. The second-order valence-corrected chi connectivity index (χ2v) is 8.07. The van der Waals surface area contributed by atoms with Gasteiger partial charge in [-0.25, -0.2) is 4.98 Å². The van der Waals surface area contributed by atoms with Gasteiger partial charge in [-0.3, -0.25) is 4.79 Å². The summed E-state index contributed by atoms with van der Waals surface area (Å²) in [4.78, 5) is 20.6. The molecule has 0 aliphatic heterocycles. The van der Waals surface area contributed by atoms with Gasteiger partial charge < -0.3 is 10.3 Å². The topological polar surface area (TPSA) is 57.8 Å². The number of carbonyl (C=O) groups is 1. The largest absolute Gasteiger partial charge is 0.344 e. The van der Waals surface area contributed by atoms with Crippen molar-refractivity contribution < 1.29 is 4.79 Å². The van der Waals surface area contributed by atoms with Crippen LogP contribution in [0.5, 0.6) is 0 Å². The molecule has 1 aromatic heterocycles. The third kappa shape index (κ3) is 4.51. The molecule has 5 heteroatoms. The van der Waals surface area contributed by atoms with Crippen molar-refractivity contribution in [3.8, 4) is 0 Å². The first kappa shape index (κ1) is 19.3. The summed E-state index contributed by atoms with van der Waals surface area (Å²) in [5.74, 6) is 0.272. The van der Waals surface area contributed by atoms with Gasteiger partial charge >= 0.3 is 0 Å². The molecule has 3 aromatic carbocycles. The Morgan fingerprint density at radius 1 is 0.966 bits per heavy atom. The fraction of sp³-hybridized carbons (Fsp3) is 0.167. The number of carbonyl (C=O) groups excluding carboxylic acids is 1. The van der Waals surface area contributed by atoms with Gasteiger partial charge in [0.05, 0.1) is 22.8 Å². The number of thioether (sulfide) groups is 1. The number of aryl methyl sites for hydroxylation is 2. The van der Waals surface area contributed by atoms with Gasteiger partial charge in [0, 0.05) is 0 Å². The lowest BCUT2D eigenvalue weighted by atomic mass is 9.99. The molecule has 0 aliphatic carbocycles. The highest BCUT2D eigenvalue weighted by Gasteiger charge is 2.17. The molecule has 2 N–H and O–H groups in total. The van der Waals surface area contributed by atoms with E-state index in [1.54, 1.807) is 0 Å². The molecule has 1 amide bonds. The number of fused-ring (bicyclic) bond motifs is 1. The van der Waals surface area contributed by atoms with Gasteiger partial charge in [-0.15, -0.1) is 0 Å². The summed E-state index contributed by atoms with van der Waals surface area (Å²) in [6.45, 7) is 4.17. The molecule has 0 saturated heterocycles. The van der Waals surface area contributed by atoms with Gasteiger partial charge in [-0.2, -0.15) is 0 Å². The molecule has 4 aromatic rings. The fourth-order valence-electron chi connectivity index (χ4n) is 3.30. The van der Waals surface area contributed by atoms with Gasteiger partial charge in [0.25, 0.3) is 0 Å². The molecule has 4 rings (SSSR count). The molecule has 0 spiro atoms. The Kier molecular flexibility index (Phi) is 5.67. The first-order valence-corrected chi connectivity index (χ1v) is 10.6. The molecule has 0 radical (unpaired) electrons. The fourth-order valence-corrected chi connectivity index (χ4v) is 4.00. The monoisotopic (exact) mass is 401 g/mol. The summed E-state index contributed by atoms with van der Waals surface area (Å²) in [7, 11) is 0. The standard InChI is InChI=1S/C24H23N3OS/c1-16-13-20-21(14-17(16)2)26-24(25-20)29-15-22(28)27-23(18-9-5-3-6-10-18)19-11-7-4-8-12-19/h3-14,23H,15H2,1-2H3,(H,25,26)(H,27,28). The van der Waals surface area contributed by atoms with Crippen LogP contribution in [0.15, 0.2) is 78.0 Å². The maximum absolute atomic E-state index is 12.7. The molecule has 0 unspecified atom stereocenters. The lowest BCUT2D eigenvalue weighted by Gasteiger charge is -2.19. The van der Waals surface area contributed by atoms with Gasteiger partial charge in [0.2, 0.25) is 5.91 Å². The number of aromatic nitrogens is 2. The quantitative estimate of drug-likeness (QED) is 0.438. The summed E-state index contributed by atoms with van der Waals surface area (Å²) in [5.41, 5.74) is 6.50. The van der Waals surface area contributed by atoms with Crippen LogP contribution in [0.1, 0.15) is 28.3 Å². The van der Waals surface area contributed by atoms with Crippen molar-refractivity contribution in [2.24, 2.45) is 0 Å². The number of nitrogens with one attached hydrogen (secondary N) is 2. The second-order valence-electron chi connectivity index (χ2n) is 7.11. The minimum absolute atomic E-state index is 0.0273. The third-order valence-corrected chi connectivity index (χ3v) is 5.86. The zero-order valence-electron chi connectivity index (χ0n) is 16.5. The third-order valence-electron chi connectivity index (χ3n) is 4.99. The number of H-pyrrole nitrogens is 1. The number of hydrogen-bond donors (Lipinski definition) is 2. The Balaban J connectivity index is 1.47. The minimum Gasteiger partial charge on any atom is -0.344 e. The van der Waals surface area contributed by atoms with Crippen molar-refractivity contribution in [1.29, 1.82) is 0 Å². The smallest absolute Gasteiger partial charge is 0.231 e. The second kappa shape index (κ2) is 8.53. The minimum atomic E-state index is -0.175. The van der Waals surface area contributed by atoms with Gasteiger partial charge in [-0.1, -0.05) is 72.4 Å². The number of hydrogen-bond acceptors (Lipinski definition) is 3. The van der Waals surface area contributed by atoms with E-state index in [2.05, 4.69) is 41.3 Å². The van der Waals surface area contributed by atoms with E-state index in [0.29, 0.717) is 5.75 Å². The predicted molar refractivity (Wildman–Crippen MR) is 119 cm³/mol. The zero-order chi connectivity index (χ0) is 20.2. The average molecular weight is 402 g/mol. The van der Waals surface area contributed by atoms with Crippen LogP contribution >= 0.6 is 11.8 Å². The van der Waals surface area contributed by atoms with E-state index in [4.69, 9.17) is 0 Å². The number of benzene rings is 3. The van der Waals surface area contributed by atoms with Crippen molar-refractivity contribution in [1.82, 2.24) is 15.3 Å². The molecule has 0 atom stereocenters. The van der Waals surface area contributed by atoms with Gasteiger partial charge in [0.1, 0.15) is 0 Å². The Labute approximate surface area is 174 Å². The summed E-state index contributed by atoms with van der Waals surface area (Å²) in [6.07, 6.45) is 0. The maximum Gasteiger partial charge on any atom is 0.231 e. The molecule has 29 heavy (non-hydrogen) atoms. The van der Waals surface area contributed by atoms with E-state index in [9.17, 15) is 4.79 Å². The number of aromatic amines is 1. The molecule has 0 saturated carbocycles. The zero-order valence-corrected chi connectivity index (χ0v) is 17.3. The van der Waals surface area contributed by atoms with Crippen LogP contribution in [-0.2, 0) is 4.79 Å². The number of rotatable bonds is 6. The first-order chi connectivity index (χ1) is 14.1. The SMILES string of the molecule is Cc1cc2nc(SCC(=O)NC(c3ccccc3)c3ccccc3)[nH]c2cc1C. The van der Waals surface area contributed by atoms with E-state index in [1.165, 1.54) is 22.9 Å². The number of amides is 1. The molecule has 146 valence electrons. The molecule has 0 bridgehead atoms. The van der Waals surface area contributed by atoms with Crippen molar-refractivity contribution in [2.45, 2.75) is 25.0 Å². The first-order valence-electron chi connectivity index (χ1n) is 9.59. The van der Waals surface area contributed by atoms with E-state index in [0.717, 1.165) is 27.3 Å². The van der Waals surface area contributed by atoms with Crippen LogP contribution in [-0.4, -0.2) is 21.6 Å². The molecule has 1 heterocycles. The van der Waals surface area contributed by atoms with Crippen LogP contribution < -0.4 is 5.32 Å². The Morgan fingerprint density at radius 3 is 2.17 bits per heavy atom. The normalized spacial score (nSPS) is 11.1. The summed E-state index contributed by atoms with van der Waals surface area (Å²) < 4.78 is 0. The molecule has 0 fully saturated rings. The van der Waals surface area contributed by atoms with E-state index < -0.39 is 0 Å². The molecular formula is C24H23N3OS. The Hall–Kier alpha value is -3.05. The van der Waals surface area contributed by atoms with Gasteiger partial charge in [0.15, 0.2) is 5.16 Å². The van der Waals surface area contributed by atoms with E-state index >= 15 is 0 Å². The Bertz CT molecular complexity index is 1040. The van der Waals surface area contributed by atoms with Crippen molar-refractivity contribution in [3.05, 3.63) is 95.1 Å². The van der Waals surface area contributed by atoms with Crippen molar-refractivity contribution in [2.75, 3.05) is 5.75 Å². The Morgan fingerprint density at radius 2 is 1.55 bits per heavy atom. The molecular weight excluding hydrogens is 378 g/mol. The van der Waals surface area contributed by atoms with Crippen LogP contribution in [0.25, 0.3) is 11.0 Å². The maximum atomic E-state index is 12.7. The van der Waals surface area contributed by atoms with Crippen LogP contribution in [0.2, 0.25) is 0 Å². The van der Waals surface area contributed by atoms with Crippen LogP contribution in [0, 0.1) is 13.8 Å². The summed E-state index contributed by atoms with van der Waals surface area (Å²) in [5, 5.41) is 3.93. The number of imidazole rings is 1. The van der Waals surface area contributed by atoms with Crippen molar-refractivity contribution in [3.63, 3.8) is 0 Å². The van der Waals surface area contributed by atoms with E-state index in [1.807, 2.05) is 60.7 Å². The highest BCUT2D eigenvalue weighted by molar-refractivity contribution is 7.99. The van der Waals surface area contributed by atoms with Crippen LogP contribution in [0.3, 0.4) is 0 Å². The highest BCUT2D eigenvalue weighted by Crippen LogP contribution is 2.24. The van der Waals surface area contributed by atoms with Crippen molar-refractivity contribution >= 4 is 28.7 Å². The van der Waals surface area contributed by atoms with E-state index in [-0.39, 0.29) is 11.9 Å². The lowest BCUT2D eigenvalue weighted by molar-refractivity contribution is -0.119.